The van der Waals surface area contributed by atoms with Gasteiger partial charge in [-0.1, -0.05) is 43.4 Å². The van der Waals surface area contributed by atoms with Gasteiger partial charge in [-0.25, -0.2) is 0 Å². The first kappa shape index (κ1) is 9.26. The summed E-state index contributed by atoms with van der Waals surface area (Å²) in [5.41, 5.74) is 5.66. The molecule has 1 atom stereocenters. The molecule has 72 valence electrons. The van der Waals surface area contributed by atoms with Crippen LogP contribution in [0.2, 0.25) is 0 Å². The molecule has 0 radical (unpaired) electrons. The fourth-order valence-electron chi connectivity index (χ4n) is 2.16. The summed E-state index contributed by atoms with van der Waals surface area (Å²) in [5.74, 6) is 0.565. The van der Waals surface area contributed by atoms with Gasteiger partial charge >= 0.3 is 0 Å². The van der Waals surface area contributed by atoms with Gasteiger partial charge in [0.15, 0.2) is 0 Å². The molecule has 0 N–H and O–H groups in total. The summed E-state index contributed by atoms with van der Waals surface area (Å²) in [6.45, 7) is 6.63. The molecular weight excluding hydrogens is 168 g/mol. The van der Waals surface area contributed by atoms with Gasteiger partial charge in [0, 0.05) is 0 Å². The Hall–Kier alpha value is -1.30. The summed E-state index contributed by atoms with van der Waals surface area (Å²) in [6, 6.07) is 6.50. The molecule has 0 fully saturated rings. The van der Waals surface area contributed by atoms with Crippen molar-refractivity contribution in [1.82, 2.24) is 0 Å². The van der Waals surface area contributed by atoms with E-state index in [2.05, 4.69) is 57.2 Å². The van der Waals surface area contributed by atoms with Crippen LogP contribution in [0, 0.1) is 19.8 Å². The molecule has 2 rings (SSSR count). The van der Waals surface area contributed by atoms with E-state index in [4.69, 9.17) is 0 Å². The highest BCUT2D eigenvalue weighted by Gasteiger charge is 2.14. The first-order valence-electron chi connectivity index (χ1n) is 5.15. The minimum absolute atomic E-state index is 0.565. The van der Waals surface area contributed by atoms with E-state index in [-0.39, 0.29) is 0 Å². The molecule has 0 aromatic heterocycles. The maximum absolute atomic E-state index is 2.25. The van der Waals surface area contributed by atoms with Crippen LogP contribution in [0.1, 0.15) is 23.6 Å². The predicted octanol–water partition coefficient (Wildman–Crippen LogP) is 3.89. The Morgan fingerprint density at radius 1 is 1.07 bits per heavy atom. The Morgan fingerprint density at radius 2 is 1.71 bits per heavy atom. The first-order valence-corrected chi connectivity index (χ1v) is 5.15. The van der Waals surface area contributed by atoms with Crippen LogP contribution >= 0.6 is 0 Å². The Kier molecular flexibility index (Phi) is 2.28. The zero-order chi connectivity index (χ0) is 10.1. The van der Waals surface area contributed by atoms with E-state index in [1.54, 1.807) is 0 Å². The zero-order valence-corrected chi connectivity index (χ0v) is 9.04. The van der Waals surface area contributed by atoms with Crippen molar-refractivity contribution in [2.45, 2.75) is 20.8 Å². The van der Waals surface area contributed by atoms with E-state index >= 15 is 0 Å². The summed E-state index contributed by atoms with van der Waals surface area (Å²) < 4.78 is 0. The third-order valence-corrected chi connectivity index (χ3v) is 2.94. The molecule has 0 amide bonds. The lowest BCUT2D eigenvalue weighted by atomic mass is 9.90. The number of hydrogen-bond donors (Lipinski definition) is 0. The van der Waals surface area contributed by atoms with Crippen molar-refractivity contribution in [1.29, 1.82) is 0 Å². The van der Waals surface area contributed by atoms with Gasteiger partial charge in [0.25, 0.3) is 0 Å². The van der Waals surface area contributed by atoms with E-state index in [1.807, 2.05) is 0 Å². The molecule has 0 heteroatoms. The molecule has 1 aliphatic carbocycles. The summed E-state index contributed by atoms with van der Waals surface area (Å²) in [5, 5.41) is 0. The van der Waals surface area contributed by atoms with Crippen molar-refractivity contribution in [3.05, 3.63) is 53.1 Å². The highest BCUT2D eigenvalue weighted by molar-refractivity contribution is 5.76. The summed E-state index contributed by atoms with van der Waals surface area (Å²) in [7, 11) is 0. The minimum atomic E-state index is 0.565. The monoisotopic (exact) mass is 184 g/mol. The summed E-state index contributed by atoms with van der Waals surface area (Å²) >= 11 is 0. The molecule has 14 heavy (non-hydrogen) atoms. The third-order valence-electron chi connectivity index (χ3n) is 2.94. The predicted molar refractivity (Wildman–Crippen MR) is 62.2 cm³/mol. The second-order valence-electron chi connectivity index (χ2n) is 4.06. The van der Waals surface area contributed by atoms with Crippen molar-refractivity contribution < 1.29 is 0 Å². The van der Waals surface area contributed by atoms with Crippen LogP contribution in [-0.2, 0) is 0 Å². The van der Waals surface area contributed by atoms with Crippen LogP contribution in [0.25, 0.3) is 5.57 Å². The molecule has 0 saturated carbocycles. The molecule has 1 unspecified atom stereocenters. The Labute approximate surface area is 86.0 Å². The van der Waals surface area contributed by atoms with Crippen molar-refractivity contribution in [3.8, 4) is 0 Å². The lowest BCUT2D eigenvalue weighted by molar-refractivity contribution is 0.975. The Balaban J connectivity index is 2.52. The fraction of sp³-hybridized carbons (Fsp3) is 0.286. The van der Waals surface area contributed by atoms with Gasteiger partial charge < -0.3 is 0 Å². The van der Waals surface area contributed by atoms with Gasteiger partial charge in [-0.3, -0.25) is 0 Å². The first-order chi connectivity index (χ1) is 6.70. The highest BCUT2D eigenvalue weighted by atomic mass is 14.2. The van der Waals surface area contributed by atoms with E-state index < -0.39 is 0 Å². The molecule has 0 bridgehead atoms. The number of benzene rings is 1. The molecule has 1 aliphatic rings. The second kappa shape index (κ2) is 3.45. The Bertz CT molecular complexity index is 388. The number of rotatable bonds is 1. The quantitative estimate of drug-likeness (QED) is 0.621. The number of allylic oxidation sites excluding steroid dienone is 4. The number of hydrogen-bond acceptors (Lipinski definition) is 0. The van der Waals surface area contributed by atoms with Gasteiger partial charge in [0.2, 0.25) is 0 Å². The maximum Gasteiger partial charge on any atom is -0.000119 e. The molecule has 0 saturated heterocycles. The second-order valence-corrected chi connectivity index (χ2v) is 4.06. The van der Waals surface area contributed by atoms with Gasteiger partial charge in [-0.2, -0.15) is 0 Å². The molecule has 0 spiro atoms. The van der Waals surface area contributed by atoms with Crippen molar-refractivity contribution in [2.24, 2.45) is 5.92 Å². The Morgan fingerprint density at radius 3 is 2.21 bits per heavy atom. The lowest BCUT2D eigenvalue weighted by Crippen LogP contribution is -1.97. The van der Waals surface area contributed by atoms with Crippen LogP contribution in [-0.4, -0.2) is 0 Å². The fourth-order valence-corrected chi connectivity index (χ4v) is 2.16. The maximum atomic E-state index is 2.25. The minimum Gasteiger partial charge on any atom is -0.0773 e. The van der Waals surface area contributed by atoms with Gasteiger partial charge in [-0.05, 0) is 42.0 Å². The van der Waals surface area contributed by atoms with Crippen LogP contribution in [0.15, 0.2) is 36.4 Å². The average Bonchev–Trinajstić information content (AvgIpc) is 2.52. The van der Waals surface area contributed by atoms with Crippen LogP contribution in [0.3, 0.4) is 0 Å². The normalized spacial score (nSPS) is 19.9. The van der Waals surface area contributed by atoms with Gasteiger partial charge in [0.05, 0.1) is 0 Å². The zero-order valence-electron chi connectivity index (χ0n) is 9.04. The van der Waals surface area contributed by atoms with Crippen molar-refractivity contribution in [2.75, 3.05) is 0 Å². The molecule has 1 aromatic rings. The molecular formula is C14H16. The topological polar surface area (TPSA) is 0 Å². The summed E-state index contributed by atoms with van der Waals surface area (Å²) in [4.78, 5) is 0. The smallest absolute Gasteiger partial charge is 0.000119 e. The molecule has 0 heterocycles. The highest BCUT2D eigenvalue weighted by Crippen LogP contribution is 2.32. The third kappa shape index (κ3) is 1.41. The largest absolute Gasteiger partial charge is 0.0773 e. The molecule has 1 aromatic carbocycles. The van der Waals surface area contributed by atoms with E-state index in [9.17, 15) is 0 Å². The standard InChI is InChI=1S/C14H16/c1-10-6-5-9-13(10)14-11(2)7-4-8-12(14)3/h4-10H,1-3H3. The van der Waals surface area contributed by atoms with E-state index in [1.165, 1.54) is 22.3 Å². The SMILES string of the molecule is Cc1cccc(C)c1C1=CC=CC1C. The lowest BCUT2D eigenvalue weighted by Gasteiger charge is -2.14. The number of aryl methyl sites for hydroxylation is 2. The van der Waals surface area contributed by atoms with Crippen LogP contribution in [0.4, 0.5) is 0 Å². The van der Waals surface area contributed by atoms with E-state index in [0.717, 1.165) is 0 Å². The van der Waals surface area contributed by atoms with E-state index in [0.29, 0.717) is 5.92 Å². The molecule has 0 aliphatic heterocycles. The van der Waals surface area contributed by atoms with Crippen LogP contribution in [0.5, 0.6) is 0 Å². The van der Waals surface area contributed by atoms with Crippen molar-refractivity contribution in [3.63, 3.8) is 0 Å². The molecule has 0 nitrogen and oxygen atoms in total. The average molecular weight is 184 g/mol. The van der Waals surface area contributed by atoms with Gasteiger partial charge in [-0.15, -0.1) is 0 Å². The van der Waals surface area contributed by atoms with Crippen molar-refractivity contribution >= 4 is 5.57 Å². The van der Waals surface area contributed by atoms with Crippen LogP contribution < -0.4 is 0 Å². The summed E-state index contributed by atoms with van der Waals surface area (Å²) in [6.07, 6.45) is 6.65. The van der Waals surface area contributed by atoms with Gasteiger partial charge in [0.1, 0.15) is 0 Å².